The Balaban J connectivity index is 1.83. The minimum Gasteiger partial charge on any atom is -0.494 e. The van der Waals surface area contributed by atoms with Crippen molar-refractivity contribution < 1.29 is 14.3 Å². The molecule has 0 aliphatic carbocycles. The summed E-state index contributed by atoms with van der Waals surface area (Å²) >= 11 is 0. The second-order valence-electron chi connectivity index (χ2n) is 6.03. The molecule has 1 aliphatic rings. The summed E-state index contributed by atoms with van der Waals surface area (Å²) in [4.78, 5) is 26.6. The molecule has 1 aliphatic heterocycles. The molecule has 2 amide bonds. The highest BCUT2D eigenvalue weighted by Gasteiger charge is 2.38. The highest BCUT2D eigenvalue weighted by atomic mass is 16.5. The van der Waals surface area contributed by atoms with Crippen LogP contribution in [0.3, 0.4) is 0 Å². The maximum absolute atomic E-state index is 12.7. The van der Waals surface area contributed by atoms with E-state index in [0.717, 1.165) is 21.4 Å². The predicted octanol–water partition coefficient (Wildman–Crippen LogP) is 3.38. The molecule has 130 valence electrons. The molecule has 0 saturated heterocycles. The normalized spacial score (nSPS) is 13.4. The number of amides is 2. The summed E-state index contributed by atoms with van der Waals surface area (Å²) in [5.74, 6) is 0.196. The SMILES string of the molecule is C=C(OCC)c1ccc2c(N3C(=O)c4ccccc4C3=O)nn(C)c2c1. The van der Waals surface area contributed by atoms with Crippen molar-refractivity contribution in [1.29, 1.82) is 0 Å². The molecule has 0 unspecified atom stereocenters. The molecule has 0 saturated carbocycles. The van der Waals surface area contributed by atoms with E-state index in [1.165, 1.54) is 0 Å². The average molecular weight is 347 g/mol. The zero-order valence-electron chi connectivity index (χ0n) is 14.5. The van der Waals surface area contributed by atoms with E-state index in [0.29, 0.717) is 29.3 Å². The molecule has 6 heteroatoms. The number of nitrogens with zero attached hydrogens (tertiary/aromatic N) is 3. The fourth-order valence-corrected chi connectivity index (χ4v) is 3.22. The van der Waals surface area contributed by atoms with E-state index < -0.39 is 0 Å². The van der Waals surface area contributed by atoms with E-state index in [1.807, 2.05) is 25.1 Å². The van der Waals surface area contributed by atoms with Crippen LogP contribution in [-0.4, -0.2) is 28.2 Å². The van der Waals surface area contributed by atoms with E-state index in [4.69, 9.17) is 4.74 Å². The van der Waals surface area contributed by atoms with Crippen molar-refractivity contribution in [2.45, 2.75) is 6.92 Å². The molecular formula is C20H17N3O3. The van der Waals surface area contributed by atoms with Crippen LogP contribution in [0.25, 0.3) is 16.7 Å². The monoisotopic (exact) mass is 347 g/mol. The molecule has 0 spiro atoms. The molecule has 2 aromatic carbocycles. The number of imide groups is 1. The number of ether oxygens (including phenoxy) is 1. The molecule has 26 heavy (non-hydrogen) atoms. The van der Waals surface area contributed by atoms with Crippen LogP contribution in [0.2, 0.25) is 0 Å². The lowest BCUT2D eigenvalue weighted by Crippen LogP contribution is -2.30. The number of benzene rings is 2. The minimum absolute atomic E-state index is 0.335. The number of rotatable bonds is 4. The van der Waals surface area contributed by atoms with Crippen LogP contribution >= 0.6 is 0 Å². The molecule has 0 N–H and O–H groups in total. The van der Waals surface area contributed by atoms with Gasteiger partial charge in [0.2, 0.25) is 0 Å². The Labute approximate surface area is 150 Å². The van der Waals surface area contributed by atoms with Gasteiger partial charge in [-0.25, -0.2) is 4.90 Å². The van der Waals surface area contributed by atoms with Crippen LogP contribution in [0.15, 0.2) is 49.0 Å². The number of carbonyl (C=O) groups is 2. The Bertz CT molecular complexity index is 1050. The fourth-order valence-electron chi connectivity index (χ4n) is 3.22. The number of hydrogen-bond acceptors (Lipinski definition) is 4. The van der Waals surface area contributed by atoms with Gasteiger partial charge in [-0.05, 0) is 31.2 Å². The van der Waals surface area contributed by atoms with Crippen LogP contribution in [0.4, 0.5) is 5.82 Å². The van der Waals surface area contributed by atoms with Crippen LogP contribution < -0.4 is 4.90 Å². The highest BCUT2D eigenvalue weighted by Crippen LogP contribution is 2.33. The number of hydrogen-bond donors (Lipinski definition) is 0. The number of fused-ring (bicyclic) bond motifs is 2. The molecule has 3 aromatic rings. The fraction of sp³-hybridized carbons (Fsp3) is 0.150. The van der Waals surface area contributed by atoms with Crippen molar-refractivity contribution in [1.82, 2.24) is 9.78 Å². The third-order valence-corrected chi connectivity index (χ3v) is 4.48. The van der Waals surface area contributed by atoms with Crippen LogP contribution in [0.5, 0.6) is 0 Å². The maximum Gasteiger partial charge on any atom is 0.267 e. The molecule has 0 radical (unpaired) electrons. The Morgan fingerprint density at radius 3 is 2.38 bits per heavy atom. The van der Waals surface area contributed by atoms with Crippen LogP contribution in [0.1, 0.15) is 33.2 Å². The third kappa shape index (κ3) is 2.23. The lowest BCUT2D eigenvalue weighted by molar-refractivity contribution is 0.0925. The Morgan fingerprint density at radius 1 is 1.12 bits per heavy atom. The quantitative estimate of drug-likeness (QED) is 0.536. The van der Waals surface area contributed by atoms with E-state index >= 15 is 0 Å². The first-order chi connectivity index (χ1) is 12.5. The van der Waals surface area contributed by atoms with Crippen molar-refractivity contribution in [3.63, 3.8) is 0 Å². The molecule has 0 bridgehead atoms. The van der Waals surface area contributed by atoms with Crippen LogP contribution in [0, 0.1) is 0 Å². The molecular weight excluding hydrogens is 330 g/mol. The second kappa shape index (κ2) is 5.84. The molecule has 0 atom stereocenters. The van der Waals surface area contributed by atoms with Crippen molar-refractivity contribution >= 4 is 34.3 Å². The van der Waals surface area contributed by atoms with E-state index in [2.05, 4.69) is 11.7 Å². The average Bonchev–Trinajstić information content (AvgIpc) is 3.10. The van der Waals surface area contributed by atoms with Crippen molar-refractivity contribution in [3.8, 4) is 0 Å². The summed E-state index contributed by atoms with van der Waals surface area (Å²) in [6.07, 6.45) is 0. The summed E-state index contributed by atoms with van der Waals surface area (Å²) in [7, 11) is 1.78. The summed E-state index contributed by atoms with van der Waals surface area (Å²) in [6, 6.07) is 12.4. The molecule has 2 heterocycles. The minimum atomic E-state index is -0.353. The van der Waals surface area contributed by atoms with Gasteiger partial charge in [-0.15, -0.1) is 0 Å². The molecule has 6 nitrogen and oxygen atoms in total. The predicted molar refractivity (Wildman–Crippen MR) is 99.0 cm³/mol. The second-order valence-corrected chi connectivity index (χ2v) is 6.03. The first-order valence-electron chi connectivity index (χ1n) is 8.29. The number of carbonyl (C=O) groups excluding carboxylic acids is 2. The Hall–Kier alpha value is -3.41. The zero-order valence-corrected chi connectivity index (χ0v) is 14.5. The van der Waals surface area contributed by atoms with E-state index in [-0.39, 0.29) is 11.8 Å². The van der Waals surface area contributed by atoms with Gasteiger partial charge in [0, 0.05) is 18.0 Å². The summed E-state index contributed by atoms with van der Waals surface area (Å²) < 4.78 is 7.11. The van der Waals surface area contributed by atoms with Gasteiger partial charge in [0.1, 0.15) is 5.76 Å². The van der Waals surface area contributed by atoms with Gasteiger partial charge >= 0.3 is 0 Å². The number of anilines is 1. The standard InChI is InChI=1S/C20H17N3O3/c1-4-26-12(2)13-9-10-16-17(11-13)22(3)21-18(16)23-19(24)14-7-5-6-8-15(14)20(23)25/h5-11H,2,4H2,1,3H3. The number of aromatic nitrogens is 2. The Morgan fingerprint density at radius 2 is 1.77 bits per heavy atom. The van der Waals surface area contributed by atoms with Crippen molar-refractivity contribution in [2.24, 2.45) is 7.05 Å². The van der Waals surface area contributed by atoms with Gasteiger partial charge in [-0.2, -0.15) is 5.10 Å². The van der Waals surface area contributed by atoms with Crippen LogP contribution in [-0.2, 0) is 11.8 Å². The first-order valence-corrected chi connectivity index (χ1v) is 8.29. The van der Waals surface area contributed by atoms with Crippen molar-refractivity contribution in [3.05, 3.63) is 65.7 Å². The maximum atomic E-state index is 12.7. The molecule has 1 aromatic heterocycles. The number of aryl methyl sites for hydroxylation is 1. The topological polar surface area (TPSA) is 64.4 Å². The van der Waals surface area contributed by atoms with Gasteiger partial charge in [-0.1, -0.05) is 24.8 Å². The third-order valence-electron chi connectivity index (χ3n) is 4.48. The molecule has 4 rings (SSSR count). The van der Waals surface area contributed by atoms with Gasteiger partial charge < -0.3 is 4.74 Å². The highest BCUT2D eigenvalue weighted by molar-refractivity contribution is 6.35. The lowest BCUT2D eigenvalue weighted by Gasteiger charge is -2.11. The summed E-state index contributed by atoms with van der Waals surface area (Å²) in [5.41, 5.74) is 2.42. The van der Waals surface area contributed by atoms with Gasteiger partial charge in [-0.3, -0.25) is 14.3 Å². The van der Waals surface area contributed by atoms with Gasteiger partial charge in [0.15, 0.2) is 5.82 Å². The van der Waals surface area contributed by atoms with E-state index in [9.17, 15) is 9.59 Å². The molecule has 0 fully saturated rings. The van der Waals surface area contributed by atoms with Gasteiger partial charge in [0.25, 0.3) is 11.8 Å². The summed E-state index contributed by atoms with van der Waals surface area (Å²) in [5, 5.41) is 5.15. The van der Waals surface area contributed by atoms with E-state index in [1.54, 1.807) is 36.0 Å². The summed E-state index contributed by atoms with van der Waals surface area (Å²) in [6.45, 7) is 6.34. The Kier molecular flexibility index (Phi) is 3.61. The first kappa shape index (κ1) is 16.1. The largest absolute Gasteiger partial charge is 0.494 e. The smallest absolute Gasteiger partial charge is 0.267 e. The zero-order chi connectivity index (χ0) is 18.4. The van der Waals surface area contributed by atoms with Gasteiger partial charge in [0.05, 0.1) is 23.3 Å². The van der Waals surface area contributed by atoms with Crippen molar-refractivity contribution in [2.75, 3.05) is 11.5 Å². The lowest BCUT2D eigenvalue weighted by atomic mass is 10.1.